The summed E-state index contributed by atoms with van der Waals surface area (Å²) in [5, 5.41) is 3.15. The zero-order valence-corrected chi connectivity index (χ0v) is 13.1. The third-order valence-corrected chi connectivity index (χ3v) is 3.49. The molecule has 1 aromatic carbocycles. The highest BCUT2D eigenvalue weighted by Crippen LogP contribution is 2.17. The van der Waals surface area contributed by atoms with Crippen LogP contribution in [0.25, 0.3) is 11.4 Å². The van der Waals surface area contributed by atoms with Gasteiger partial charge in [-0.05, 0) is 37.1 Å². The number of pyridine rings is 1. The van der Waals surface area contributed by atoms with E-state index in [0.29, 0.717) is 30.2 Å². The molecule has 3 aromatic rings. The average molecular weight is 326 g/mol. The highest BCUT2D eigenvalue weighted by Gasteiger charge is 2.06. The van der Waals surface area contributed by atoms with Gasteiger partial charge < -0.3 is 5.32 Å². The number of anilines is 1. The van der Waals surface area contributed by atoms with Crippen molar-refractivity contribution in [1.29, 1.82) is 0 Å². The van der Waals surface area contributed by atoms with Crippen molar-refractivity contribution in [3.8, 4) is 11.4 Å². The molecule has 4 nitrogen and oxygen atoms in total. The number of nitrogens with zero attached hydrogens (tertiary/aromatic N) is 3. The number of halogens is 2. The van der Waals surface area contributed by atoms with Crippen molar-refractivity contribution in [2.24, 2.45) is 0 Å². The van der Waals surface area contributed by atoms with Crippen LogP contribution < -0.4 is 5.32 Å². The normalized spacial score (nSPS) is 10.6. The van der Waals surface area contributed by atoms with Crippen molar-refractivity contribution in [2.45, 2.75) is 13.3 Å². The van der Waals surface area contributed by atoms with Gasteiger partial charge in [0.25, 0.3) is 0 Å². The summed E-state index contributed by atoms with van der Waals surface area (Å²) in [6, 6.07) is 9.14. The second-order valence-corrected chi connectivity index (χ2v) is 5.37. The summed E-state index contributed by atoms with van der Waals surface area (Å²) >= 11 is 0. The van der Waals surface area contributed by atoms with Gasteiger partial charge in [0.05, 0.1) is 0 Å². The first-order valence-electron chi connectivity index (χ1n) is 7.56. The smallest absolute Gasteiger partial charge is 0.163 e. The first kappa shape index (κ1) is 16.0. The molecule has 0 fully saturated rings. The van der Waals surface area contributed by atoms with E-state index in [0.717, 1.165) is 17.3 Å². The molecule has 0 saturated carbocycles. The predicted octanol–water partition coefficient (Wildman–Crippen LogP) is 3.78. The van der Waals surface area contributed by atoms with Crippen LogP contribution >= 0.6 is 0 Å². The number of rotatable bonds is 5. The summed E-state index contributed by atoms with van der Waals surface area (Å²) in [4.78, 5) is 12.9. The summed E-state index contributed by atoms with van der Waals surface area (Å²) in [5.74, 6) is 0.130. The Labute approximate surface area is 138 Å². The molecule has 6 heteroatoms. The van der Waals surface area contributed by atoms with Gasteiger partial charge in [0, 0.05) is 42.3 Å². The maximum Gasteiger partial charge on any atom is 0.163 e. The Kier molecular flexibility index (Phi) is 4.74. The molecule has 0 radical (unpaired) electrons. The van der Waals surface area contributed by atoms with Gasteiger partial charge in [-0.25, -0.2) is 18.7 Å². The lowest BCUT2D eigenvalue weighted by atomic mass is 10.1. The van der Waals surface area contributed by atoms with Crippen LogP contribution in [0.3, 0.4) is 0 Å². The third-order valence-electron chi connectivity index (χ3n) is 3.49. The fourth-order valence-corrected chi connectivity index (χ4v) is 2.33. The maximum absolute atomic E-state index is 13.6. The van der Waals surface area contributed by atoms with E-state index >= 15 is 0 Å². The zero-order chi connectivity index (χ0) is 16.9. The molecule has 1 N–H and O–H groups in total. The maximum atomic E-state index is 13.6. The largest absolute Gasteiger partial charge is 0.370 e. The highest BCUT2D eigenvalue weighted by atomic mass is 19.1. The molecule has 0 atom stereocenters. The number of benzene rings is 1. The minimum Gasteiger partial charge on any atom is -0.370 e. The second-order valence-electron chi connectivity index (χ2n) is 5.37. The fourth-order valence-electron chi connectivity index (χ4n) is 2.33. The van der Waals surface area contributed by atoms with E-state index in [4.69, 9.17) is 0 Å². The lowest BCUT2D eigenvalue weighted by Crippen LogP contribution is -2.09. The van der Waals surface area contributed by atoms with E-state index in [1.807, 2.05) is 25.1 Å². The Balaban J connectivity index is 1.70. The quantitative estimate of drug-likeness (QED) is 0.775. The molecular formula is C18H16F2N4. The Morgan fingerprint density at radius 3 is 2.71 bits per heavy atom. The topological polar surface area (TPSA) is 50.7 Å². The third kappa shape index (κ3) is 3.90. The molecule has 2 heterocycles. The Morgan fingerprint density at radius 2 is 1.96 bits per heavy atom. The molecule has 3 rings (SSSR count). The molecule has 0 bridgehead atoms. The van der Waals surface area contributed by atoms with Crippen molar-refractivity contribution >= 4 is 5.82 Å². The van der Waals surface area contributed by atoms with E-state index < -0.39 is 11.6 Å². The molecule has 24 heavy (non-hydrogen) atoms. The van der Waals surface area contributed by atoms with Crippen LogP contribution in [-0.4, -0.2) is 21.5 Å². The molecule has 0 spiro atoms. The van der Waals surface area contributed by atoms with E-state index in [9.17, 15) is 8.78 Å². The minimum atomic E-state index is -0.572. The van der Waals surface area contributed by atoms with Crippen LogP contribution in [-0.2, 0) is 6.42 Å². The van der Waals surface area contributed by atoms with E-state index in [1.54, 1.807) is 12.4 Å². The number of aromatic nitrogens is 3. The molecule has 2 aromatic heterocycles. The van der Waals surface area contributed by atoms with Crippen molar-refractivity contribution in [2.75, 3.05) is 11.9 Å². The summed E-state index contributed by atoms with van der Waals surface area (Å²) in [6.45, 7) is 2.36. The summed E-state index contributed by atoms with van der Waals surface area (Å²) in [6.07, 6.45) is 3.82. The minimum absolute atomic E-state index is 0.428. The van der Waals surface area contributed by atoms with Gasteiger partial charge in [-0.15, -0.1) is 0 Å². The predicted molar refractivity (Wildman–Crippen MR) is 88.6 cm³/mol. The van der Waals surface area contributed by atoms with Gasteiger partial charge >= 0.3 is 0 Å². The Bertz CT molecular complexity index is 838. The molecule has 0 unspecified atom stereocenters. The van der Waals surface area contributed by atoms with Gasteiger partial charge in [-0.2, -0.15) is 0 Å². The van der Waals surface area contributed by atoms with E-state index in [1.165, 1.54) is 12.1 Å². The lowest BCUT2D eigenvalue weighted by molar-refractivity contribution is 0.572. The van der Waals surface area contributed by atoms with E-state index in [2.05, 4.69) is 20.3 Å². The summed E-state index contributed by atoms with van der Waals surface area (Å²) in [7, 11) is 0. The van der Waals surface area contributed by atoms with E-state index in [-0.39, 0.29) is 0 Å². The van der Waals surface area contributed by atoms with Gasteiger partial charge in [-0.1, -0.05) is 6.07 Å². The highest BCUT2D eigenvalue weighted by molar-refractivity contribution is 5.56. The average Bonchev–Trinajstić information content (AvgIpc) is 2.57. The first-order valence-corrected chi connectivity index (χ1v) is 7.56. The second kappa shape index (κ2) is 7.12. The van der Waals surface area contributed by atoms with Crippen molar-refractivity contribution in [1.82, 2.24) is 15.0 Å². The van der Waals surface area contributed by atoms with Crippen LogP contribution in [0.1, 0.15) is 11.3 Å². The molecule has 122 valence electrons. The number of nitrogens with one attached hydrogen (secondary N) is 1. The van der Waals surface area contributed by atoms with Gasteiger partial charge in [0.15, 0.2) is 5.82 Å². The number of aryl methyl sites for hydroxylation is 1. The fraction of sp³-hybridized carbons (Fsp3) is 0.167. The van der Waals surface area contributed by atoms with Gasteiger partial charge in [0.2, 0.25) is 0 Å². The SMILES string of the molecule is Cc1cc(NCCc2ccc(F)cc2F)nc(-c2cccnc2)n1. The van der Waals surface area contributed by atoms with Crippen molar-refractivity contribution in [3.63, 3.8) is 0 Å². The molecule has 0 aliphatic heterocycles. The first-order chi connectivity index (χ1) is 11.6. The monoisotopic (exact) mass is 326 g/mol. The molecule has 0 saturated heterocycles. The van der Waals surface area contributed by atoms with Crippen LogP contribution in [0.2, 0.25) is 0 Å². The Hall–Kier alpha value is -2.89. The molecule has 0 aliphatic carbocycles. The summed E-state index contributed by atoms with van der Waals surface area (Å²) < 4.78 is 26.5. The van der Waals surface area contributed by atoms with Gasteiger partial charge in [0.1, 0.15) is 17.5 Å². The molecule has 0 aliphatic rings. The Morgan fingerprint density at radius 1 is 1.08 bits per heavy atom. The van der Waals surface area contributed by atoms with Crippen LogP contribution in [0.15, 0.2) is 48.8 Å². The van der Waals surface area contributed by atoms with Gasteiger partial charge in [-0.3, -0.25) is 4.98 Å². The van der Waals surface area contributed by atoms with Crippen molar-refractivity contribution in [3.05, 3.63) is 71.7 Å². The van der Waals surface area contributed by atoms with Crippen LogP contribution in [0, 0.1) is 18.6 Å². The lowest BCUT2D eigenvalue weighted by Gasteiger charge is -2.09. The molecular weight excluding hydrogens is 310 g/mol. The zero-order valence-electron chi connectivity index (χ0n) is 13.1. The summed E-state index contributed by atoms with van der Waals surface area (Å²) in [5.41, 5.74) is 2.11. The number of hydrogen-bond donors (Lipinski definition) is 1. The van der Waals surface area contributed by atoms with Crippen LogP contribution in [0.4, 0.5) is 14.6 Å². The van der Waals surface area contributed by atoms with Crippen molar-refractivity contribution < 1.29 is 8.78 Å². The standard InChI is InChI=1S/C18H16F2N4/c1-12-9-17(24-18(23-12)14-3-2-7-21-11-14)22-8-6-13-4-5-15(19)10-16(13)20/h2-5,7,9-11H,6,8H2,1H3,(H,22,23,24). The number of hydrogen-bond acceptors (Lipinski definition) is 4. The van der Waals surface area contributed by atoms with Crippen LogP contribution in [0.5, 0.6) is 0 Å². The molecule has 0 amide bonds.